The van der Waals surface area contributed by atoms with Crippen molar-refractivity contribution < 1.29 is 27.4 Å². The summed E-state index contributed by atoms with van der Waals surface area (Å²) in [5.74, 6) is -0.513. The number of ether oxygens (including phenoxy) is 2. The Morgan fingerprint density at radius 3 is 2.47 bits per heavy atom. The average molecular weight is 257 g/mol. The van der Waals surface area contributed by atoms with Crippen molar-refractivity contribution in [3.8, 4) is 0 Å². The second-order valence-corrected chi connectivity index (χ2v) is 3.30. The SMILES string of the molecule is CCNC(COCCC(F)(F)F)C(=O)OCC. The molecule has 0 aliphatic heterocycles. The van der Waals surface area contributed by atoms with E-state index in [-0.39, 0.29) is 13.2 Å². The topological polar surface area (TPSA) is 47.6 Å². The first-order chi connectivity index (χ1) is 7.90. The first-order valence-electron chi connectivity index (χ1n) is 5.45. The molecular formula is C10H18F3NO3. The molecule has 0 bridgehead atoms. The van der Waals surface area contributed by atoms with E-state index in [2.05, 4.69) is 5.32 Å². The van der Waals surface area contributed by atoms with E-state index in [1.807, 2.05) is 0 Å². The molecule has 1 unspecified atom stereocenters. The van der Waals surface area contributed by atoms with Gasteiger partial charge in [-0.15, -0.1) is 0 Å². The number of hydrogen-bond donors (Lipinski definition) is 1. The summed E-state index contributed by atoms with van der Waals surface area (Å²) in [7, 11) is 0. The van der Waals surface area contributed by atoms with E-state index in [1.54, 1.807) is 13.8 Å². The molecule has 0 aliphatic carbocycles. The van der Waals surface area contributed by atoms with Gasteiger partial charge in [-0.3, -0.25) is 4.79 Å². The molecule has 17 heavy (non-hydrogen) atoms. The van der Waals surface area contributed by atoms with Gasteiger partial charge in [0.1, 0.15) is 6.04 Å². The molecule has 0 heterocycles. The van der Waals surface area contributed by atoms with Gasteiger partial charge in [0.15, 0.2) is 0 Å². The van der Waals surface area contributed by atoms with Crippen LogP contribution in [-0.2, 0) is 14.3 Å². The van der Waals surface area contributed by atoms with Crippen molar-refractivity contribution in [2.75, 3.05) is 26.4 Å². The smallest absolute Gasteiger partial charge is 0.391 e. The third kappa shape index (κ3) is 8.93. The van der Waals surface area contributed by atoms with Gasteiger partial charge >= 0.3 is 12.1 Å². The standard InChI is InChI=1S/C10H18F3NO3/c1-3-14-8(9(15)17-4-2)7-16-6-5-10(11,12)13/h8,14H,3-7H2,1-2H3. The van der Waals surface area contributed by atoms with Crippen molar-refractivity contribution in [1.29, 1.82) is 0 Å². The average Bonchev–Trinajstić information content (AvgIpc) is 2.21. The van der Waals surface area contributed by atoms with Crippen LogP contribution in [0.2, 0.25) is 0 Å². The molecule has 0 aromatic carbocycles. The van der Waals surface area contributed by atoms with Gasteiger partial charge in [0, 0.05) is 0 Å². The Bertz CT molecular complexity index is 221. The minimum Gasteiger partial charge on any atom is -0.465 e. The number of hydrogen-bond acceptors (Lipinski definition) is 4. The van der Waals surface area contributed by atoms with Crippen LogP contribution in [0.3, 0.4) is 0 Å². The van der Waals surface area contributed by atoms with Gasteiger partial charge in [0.05, 0.1) is 26.2 Å². The molecule has 4 nitrogen and oxygen atoms in total. The Morgan fingerprint density at radius 1 is 1.35 bits per heavy atom. The minimum absolute atomic E-state index is 0.122. The maximum absolute atomic E-state index is 11.8. The quantitative estimate of drug-likeness (QED) is 0.529. The van der Waals surface area contributed by atoms with Crippen LogP contribution in [0.25, 0.3) is 0 Å². The van der Waals surface area contributed by atoms with Gasteiger partial charge in [0.2, 0.25) is 0 Å². The summed E-state index contributed by atoms with van der Waals surface area (Å²) in [6.45, 7) is 3.59. The van der Waals surface area contributed by atoms with Crippen LogP contribution in [-0.4, -0.2) is 44.6 Å². The van der Waals surface area contributed by atoms with E-state index in [0.29, 0.717) is 6.54 Å². The molecule has 0 amide bonds. The second kappa shape index (κ2) is 8.30. The summed E-state index contributed by atoms with van der Waals surface area (Å²) in [6, 6.07) is -0.715. The van der Waals surface area contributed by atoms with Gasteiger partial charge in [-0.25, -0.2) is 0 Å². The van der Waals surface area contributed by atoms with Crippen LogP contribution < -0.4 is 5.32 Å². The van der Waals surface area contributed by atoms with E-state index in [9.17, 15) is 18.0 Å². The highest BCUT2D eigenvalue weighted by atomic mass is 19.4. The molecule has 0 spiro atoms. The van der Waals surface area contributed by atoms with Crippen LogP contribution >= 0.6 is 0 Å². The van der Waals surface area contributed by atoms with Crippen molar-refractivity contribution >= 4 is 5.97 Å². The van der Waals surface area contributed by atoms with Gasteiger partial charge in [0.25, 0.3) is 0 Å². The van der Waals surface area contributed by atoms with E-state index in [0.717, 1.165) is 0 Å². The highest BCUT2D eigenvalue weighted by molar-refractivity contribution is 5.75. The molecule has 1 N–H and O–H groups in total. The highest BCUT2D eigenvalue weighted by Crippen LogP contribution is 2.18. The summed E-state index contributed by atoms with van der Waals surface area (Å²) in [5.41, 5.74) is 0. The Morgan fingerprint density at radius 2 is 2.00 bits per heavy atom. The van der Waals surface area contributed by atoms with Gasteiger partial charge in [-0.1, -0.05) is 6.92 Å². The molecule has 0 aliphatic rings. The fourth-order valence-electron chi connectivity index (χ4n) is 1.09. The van der Waals surface area contributed by atoms with E-state index >= 15 is 0 Å². The summed E-state index contributed by atoms with van der Waals surface area (Å²) in [6.07, 6.45) is -5.26. The maximum atomic E-state index is 11.8. The largest absolute Gasteiger partial charge is 0.465 e. The number of carbonyl (C=O) groups excluding carboxylic acids is 1. The molecule has 0 rings (SSSR count). The second-order valence-electron chi connectivity index (χ2n) is 3.30. The number of halogens is 3. The Hall–Kier alpha value is -0.820. The molecule has 1 atom stereocenters. The number of esters is 1. The Kier molecular flexibility index (Phi) is 7.90. The van der Waals surface area contributed by atoms with Gasteiger partial charge < -0.3 is 14.8 Å². The first-order valence-corrected chi connectivity index (χ1v) is 5.45. The van der Waals surface area contributed by atoms with Crippen LogP contribution in [0.15, 0.2) is 0 Å². The first kappa shape index (κ1) is 16.2. The predicted octanol–water partition coefficient (Wildman–Crippen LogP) is 1.50. The van der Waals surface area contributed by atoms with Crippen LogP contribution in [0, 0.1) is 0 Å². The molecule has 7 heteroatoms. The molecule has 0 saturated heterocycles. The van der Waals surface area contributed by atoms with Gasteiger partial charge in [-0.2, -0.15) is 13.2 Å². The minimum atomic E-state index is -4.24. The zero-order chi connectivity index (χ0) is 13.3. The number of rotatable bonds is 8. The van der Waals surface area contributed by atoms with E-state index in [4.69, 9.17) is 9.47 Å². The van der Waals surface area contributed by atoms with Crippen molar-refractivity contribution in [2.45, 2.75) is 32.5 Å². The zero-order valence-electron chi connectivity index (χ0n) is 9.97. The summed E-state index contributed by atoms with van der Waals surface area (Å²) in [5, 5.41) is 2.78. The molecule has 0 radical (unpaired) electrons. The van der Waals surface area contributed by atoms with Crippen molar-refractivity contribution in [3.05, 3.63) is 0 Å². The highest BCUT2D eigenvalue weighted by Gasteiger charge is 2.27. The summed E-state index contributed by atoms with van der Waals surface area (Å²) < 4.78 is 45.0. The van der Waals surface area contributed by atoms with E-state index in [1.165, 1.54) is 0 Å². The van der Waals surface area contributed by atoms with Crippen LogP contribution in [0.1, 0.15) is 20.3 Å². The van der Waals surface area contributed by atoms with Crippen molar-refractivity contribution in [2.24, 2.45) is 0 Å². The summed E-state index contributed by atoms with van der Waals surface area (Å²) >= 11 is 0. The number of alkyl halides is 3. The molecule has 0 aromatic rings. The third-order valence-corrected chi connectivity index (χ3v) is 1.84. The predicted molar refractivity (Wildman–Crippen MR) is 55.6 cm³/mol. The number of carbonyl (C=O) groups is 1. The lowest BCUT2D eigenvalue weighted by molar-refractivity contribution is -0.151. The van der Waals surface area contributed by atoms with E-state index < -0.39 is 31.2 Å². The number of nitrogens with one attached hydrogen (secondary N) is 1. The van der Waals surface area contributed by atoms with Crippen molar-refractivity contribution in [3.63, 3.8) is 0 Å². The third-order valence-electron chi connectivity index (χ3n) is 1.84. The van der Waals surface area contributed by atoms with Crippen molar-refractivity contribution in [1.82, 2.24) is 5.32 Å². The molecule has 102 valence electrons. The molecular weight excluding hydrogens is 239 g/mol. The fraction of sp³-hybridized carbons (Fsp3) is 0.900. The van der Waals surface area contributed by atoms with Crippen LogP contribution in [0.4, 0.5) is 13.2 Å². The normalized spacial score (nSPS) is 13.5. The molecule has 0 saturated carbocycles. The van der Waals surface area contributed by atoms with Crippen LogP contribution in [0.5, 0.6) is 0 Å². The number of likely N-dealkylation sites (N-methyl/N-ethyl adjacent to an activating group) is 1. The lowest BCUT2D eigenvalue weighted by Gasteiger charge is -2.16. The monoisotopic (exact) mass is 257 g/mol. The Balaban J connectivity index is 3.89. The van der Waals surface area contributed by atoms with Gasteiger partial charge in [-0.05, 0) is 13.5 Å². The lowest BCUT2D eigenvalue weighted by Crippen LogP contribution is -2.41. The maximum Gasteiger partial charge on any atom is 0.391 e. The fourth-order valence-corrected chi connectivity index (χ4v) is 1.09. The summed E-state index contributed by atoms with van der Waals surface area (Å²) in [4.78, 5) is 11.3. The molecule has 0 fully saturated rings. The lowest BCUT2D eigenvalue weighted by atomic mass is 10.3. The zero-order valence-corrected chi connectivity index (χ0v) is 9.97. The Labute approximate surface area is 98.5 Å². The molecule has 0 aromatic heterocycles.